The Morgan fingerprint density at radius 2 is 1.95 bits per heavy atom. The minimum atomic E-state index is 0. The van der Waals surface area contributed by atoms with Crippen LogP contribution in [0, 0.1) is 0 Å². The summed E-state index contributed by atoms with van der Waals surface area (Å²) in [6.07, 6.45) is 0.361. The van der Waals surface area contributed by atoms with Crippen LogP contribution in [0.5, 0.6) is 0 Å². The second-order valence-corrected chi connectivity index (χ2v) is 5.22. The summed E-state index contributed by atoms with van der Waals surface area (Å²) in [5, 5.41) is 1.02. The highest BCUT2D eigenvalue weighted by atomic mass is 35.5. The number of nitrogens with zero attached hydrogens (tertiary/aromatic N) is 1. The first-order valence-electron chi connectivity index (χ1n) is 5.89. The molecule has 1 amide bonds. The summed E-state index contributed by atoms with van der Waals surface area (Å²) in [6.45, 7) is 4.84. The monoisotopic (exact) mass is 324 g/mol. The lowest BCUT2D eigenvalue weighted by Gasteiger charge is -2.27. The number of amides is 1. The van der Waals surface area contributed by atoms with Gasteiger partial charge in [0.15, 0.2) is 0 Å². The lowest BCUT2D eigenvalue weighted by molar-refractivity contribution is -0.133. The number of carbonyl (C=O) groups excluding carboxylic acids is 1. The van der Waals surface area contributed by atoms with Gasteiger partial charge < -0.3 is 10.6 Å². The topological polar surface area (TPSA) is 46.3 Å². The van der Waals surface area contributed by atoms with Crippen molar-refractivity contribution in [3.63, 3.8) is 0 Å². The maximum atomic E-state index is 11.9. The summed E-state index contributed by atoms with van der Waals surface area (Å²) in [6, 6.07) is 5.53. The standard InChI is InChI=1S/C13H18Cl2N2O.ClH/c1-9(2)17(13(18)5-6-16)8-10-3-4-11(14)12(15)7-10;/h3-4,7,9H,5-6,8,16H2,1-2H3;1H. The summed E-state index contributed by atoms with van der Waals surface area (Å²) < 4.78 is 0. The summed E-state index contributed by atoms with van der Waals surface area (Å²) in [5.74, 6) is 0.0542. The van der Waals surface area contributed by atoms with Gasteiger partial charge in [0.05, 0.1) is 10.0 Å². The zero-order chi connectivity index (χ0) is 13.7. The molecule has 0 aliphatic heterocycles. The van der Waals surface area contributed by atoms with Crippen molar-refractivity contribution < 1.29 is 4.79 Å². The molecule has 0 fully saturated rings. The molecule has 0 bridgehead atoms. The van der Waals surface area contributed by atoms with Gasteiger partial charge in [-0.05, 0) is 31.5 Å². The molecular formula is C13H19Cl3N2O. The van der Waals surface area contributed by atoms with Crippen molar-refractivity contribution in [1.29, 1.82) is 0 Å². The summed E-state index contributed by atoms with van der Waals surface area (Å²) >= 11 is 11.8. The Hall–Kier alpha value is -0.480. The van der Waals surface area contributed by atoms with Gasteiger partial charge >= 0.3 is 0 Å². The fourth-order valence-electron chi connectivity index (χ4n) is 1.66. The Morgan fingerprint density at radius 3 is 2.42 bits per heavy atom. The van der Waals surface area contributed by atoms with E-state index in [4.69, 9.17) is 28.9 Å². The SMILES string of the molecule is CC(C)N(Cc1ccc(Cl)c(Cl)c1)C(=O)CCN.Cl. The van der Waals surface area contributed by atoms with Crippen LogP contribution in [0.4, 0.5) is 0 Å². The maximum absolute atomic E-state index is 11.9. The Morgan fingerprint density at radius 1 is 1.32 bits per heavy atom. The van der Waals surface area contributed by atoms with E-state index in [2.05, 4.69) is 0 Å². The van der Waals surface area contributed by atoms with Gasteiger partial charge in [-0.1, -0.05) is 29.3 Å². The van der Waals surface area contributed by atoms with Crippen LogP contribution in [0.1, 0.15) is 25.8 Å². The third kappa shape index (κ3) is 5.57. The lowest BCUT2D eigenvalue weighted by atomic mass is 10.1. The molecule has 0 unspecified atom stereocenters. The van der Waals surface area contributed by atoms with E-state index in [1.165, 1.54) is 0 Å². The molecule has 0 saturated heterocycles. The van der Waals surface area contributed by atoms with Crippen molar-refractivity contribution in [3.8, 4) is 0 Å². The molecule has 19 heavy (non-hydrogen) atoms. The molecule has 2 N–H and O–H groups in total. The predicted molar refractivity (Wildman–Crippen MR) is 83.1 cm³/mol. The number of hydrogen-bond donors (Lipinski definition) is 1. The average Bonchev–Trinajstić information content (AvgIpc) is 2.30. The molecule has 6 heteroatoms. The zero-order valence-corrected chi connectivity index (χ0v) is 13.4. The van der Waals surface area contributed by atoms with E-state index in [1.807, 2.05) is 19.9 Å². The van der Waals surface area contributed by atoms with Gasteiger partial charge in [-0.2, -0.15) is 0 Å². The third-order valence-corrected chi connectivity index (χ3v) is 3.38. The van der Waals surface area contributed by atoms with Gasteiger partial charge in [-0.25, -0.2) is 0 Å². The van der Waals surface area contributed by atoms with Gasteiger partial charge in [0, 0.05) is 25.6 Å². The number of nitrogens with two attached hydrogens (primary N) is 1. The molecule has 0 aromatic heterocycles. The summed E-state index contributed by atoms with van der Waals surface area (Å²) in [7, 11) is 0. The van der Waals surface area contributed by atoms with Crippen molar-refractivity contribution >= 4 is 41.5 Å². The van der Waals surface area contributed by atoms with Crippen LogP contribution < -0.4 is 5.73 Å². The van der Waals surface area contributed by atoms with Gasteiger partial charge in [0.2, 0.25) is 5.91 Å². The van der Waals surface area contributed by atoms with Crippen LogP contribution in [0.15, 0.2) is 18.2 Å². The number of rotatable bonds is 5. The molecule has 0 saturated carbocycles. The number of carbonyl (C=O) groups is 1. The van der Waals surface area contributed by atoms with Crippen molar-refractivity contribution in [2.24, 2.45) is 5.73 Å². The molecule has 1 aromatic rings. The van der Waals surface area contributed by atoms with Crippen molar-refractivity contribution in [3.05, 3.63) is 33.8 Å². The van der Waals surface area contributed by atoms with Gasteiger partial charge in [-0.15, -0.1) is 12.4 Å². The molecule has 0 atom stereocenters. The first-order valence-corrected chi connectivity index (χ1v) is 6.64. The van der Waals surface area contributed by atoms with Gasteiger partial charge in [-0.3, -0.25) is 4.79 Å². The van der Waals surface area contributed by atoms with Crippen LogP contribution in [0.2, 0.25) is 10.0 Å². The second-order valence-electron chi connectivity index (χ2n) is 4.40. The molecular weight excluding hydrogens is 307 g/mol. The molecule has 1 aromatic carbocycles. The van der Waals surface area contributed by atoms with Crippen molar-refractivity contribution in [2.75, 3.05) is 6.54 Å². The molecule has 1 rings (SSSR count). The zero-order valence-electron chi connectivity index (χ0n) is 11.0. The van der Waals surface area contributed by atoms with Crippen LogP contribution in [0.25, 0.3) is 0 Å². The summed E-state index contributed by atoms with van der Waals surface area (Å²) in [4.78, 5) is 13.7. The van der Waals surface area contributed by atoms with E-state index < -0.39 is 0 Å². The number of halogens is 3. The van der Waals surface area contributed by atoms with Crippen LogP contribution in [-0.2, 0) is 11.3 Å². The predicted octanol–water partition coefficient (Wildman–Crippen LogP) is 3.50. The Labute approximate surface area is 130 Å². The van der Waals surface area contributed by atoms with E-state index in [1.54, 1.807) is 17.0 Å². The largest absolute Gasteiger partial charge is 0.336 e. The molecule has 3 nitrogen and oxygen atoms in total. The second kappa shape index (κ2) is 8.64. The Balaban J connectivity index is 0.00000324. The molecule has 108 valence electrons. The highest BCUT2D eigenvalue weighted by molar-refractivity contribution is 6.42. The van der Waals surface area contributed by atoms with E-state index in [0.29, 0.717) is 29.6 Å². The highest BCUT2D eigenvalue weighted by Crippen LogP contribution is 2.23. The van der Waals surface area contributed by atoms with Crippen LogP contribution >= 0.6 is 35.6 Å². The quantitative estimate of drug-likeness (QED) is 0.900. The fourth-order valence-corrected chi connectivity index (χ4v) is 1.98. The molecule has 0 aliphatic carbocycles. The average molecular weight is 326 g/mol. The first kappa shape index (κ1) is 18.5. The van der Waals surface area contributed by atoms with E-state index in [0.717, 1.165) is 5.56 Å². The fraction of sp³-hybridized carbons (Fsp3) is 0.462. The normalized spacial score (nSPS) is 10.2. The van der Waals surface area contributed by atoms with Crippen molar-refractivity contribution in [1.82, 2.24) is 4.90 Å². The maximum Gasteiger partial charge on any atom is 0.224 e. The molecule has 0 aliphatic rings. The van der Waals surface area contributed by atoms with Gasteiger partial charge in [0.1, 0.15) is 0 Å². The molecule has 0 spiro atoms. The van der Waals surface area contributed by atoms with Gasteiger partial charge in [0.25, 0.3) is 0 Å². The lowest BCUT2D eigenvalue weighted by Crippen LogP contribution is -2.37. The van der Waals surface area contributed by atoms with Crippen LogP contribution in [-0.4, -0.2) is 23.4 Å². The minimum absolute atomic E-state index is 0. The third-order valence-electron chi connectivity index (χ3n) is 2.64. The smallest absolute Gasteiger partial charge is 0.224 e. The number of hydrogen-bond acceptors (Lipinski definition) is 2. The molecule has 0 heterocycles. The Kier molecular flexibility index (Phi) is 8.42. The van der Waals surface area contributed by atoms with E-state index in [-0.39, 0.29) is 24.4 Å². The van der Waals surface area contributed by atoms with Crippen LogP contribution in [0.3, 0.4) is 0 Å². The van der Waals surface area contributed by atoms with E-state index >= 15 is 0 Å². The minimum Gasteiger partial charge on any atom is -0.336 e. The molecule has 0 radical (unpaired) electrons. The summed E-state index contributed by atoms with van der Waals surface area (Å²) in [5.41, 5.74) is 6.38. The highest BCUT2D eigenvalue weighted by Gasteiger charge is 2.16. The first-order chi connectivity index (χ1) is 8.45. The van der Waals surface area contributed by atoms with Crippen molar-refractivity contribution in [2.45, 2.75) is 32.9 Å². The Bertz CT molecular complexity index is 424. The van der Waals surface area contributed by atoms with E-state index in [9.17, 15) is 4.79 Å². The number of benzene rings is 1.